The third kappa shape index (κ3) is 5.75. The van der Waals surface area contributed by atoms with Gasteiger partial charge >= 0.3 is 0 Å². The zero-order valence-electron chi connectivity index (χ0n) is 16.3. The number of benzene rings is 3. The van der Waals surface area contributed by atoms with E-state index in [2.05, 4.69) is 26.6 Å². The number of ether oxygens (including phenoxy) is 1. The molecule has 150 valence electrons. The summed E-state index contributed by atoms with van der Waals surface area (Å²) < 4.78 is 6.46. The van der Waals surface area contributed by atoms with Crippen molar-refractivity contribution in [2.24, 2.45) is 0 Å². The second-order valence-corrected chi connectivity index (χ2v) is 7.94. The predicted molar refractivity (Wildman–Crippen MR) is 123 cm³/mol. The van der Waals surface area contributed by atoms with E-state index in [9.17, 15) is 4.79 Å². The number of carbonyl (C=O) groups excluding carboxylic acids is 1. The van der Waals surface area contributed by atoms with E-state index in [-0.39, 0.29) is 12.5 Å². The van der Waals surface area contributed by atoms with Crippen LogP contribution in [0.4, 0.5) is 11.4 Å². The lowest BCUT2D eigenvalue weighted by molar-refractivity contribution is -0.118. The Hall–Kier alpha value is -2.50. The molecule has 1 amide bonds. The number of carbonyl (C=O) groups is 1. The third-order valence-corrected chi connectivity index (χ3v) is 5.55. The summed E-state index contributed by atoms with van der Waals surface area (Å²) in [6, 6.07) is 19.2. The van der Waals surface area contributed by atoms with Crippen LogP contribution in [0.1, 0.15) is 16.7 Å². The molecule has 0 aliphatic rings. The molecule has 0 saturated heterocycles. The van der Waals surface area contributed by atoms with E-state index >= 15 is 0 Å². The topological polar surface area (TPSA) is 50.4 Å². The molecule has 0 radical (unpaired) electrons. The molecular formula is C23H22BrClN2O2. The molecule has 0 aliphatic carbocycles. The average Bonchev–Trinajstić information content (AvgIpc) is 2.70. The minimum absolute atomic E-state index is 0.0633. The van der Waals surface area contributed by atoms with Crippen molar-refractivity contribution in [3.05, 3.63) is 86.8 Å². The minimum atomic E-state index is -0.201. The number of hydrogen-bond acceptors (Lipinski definition) is 3. The molecule has 0 atom stereocenters. The highest BCUT2D eigenvalue weighted by Crippen LogP contribution is 2.28. The van der Waals surface area contributed by atoms with E-state index in [1.54, 1.807) is 0 Å². The largest absolute Gasteiger partial charge is 0.483 e. The van der Waals surface area contributed by atoms with Crippen LogP contribution < -0.4 is 15.4 Å². The summed E-state index contributed by atoms with van der Waals surface area (Å²) in [6.45, 7) is 4.52. The molecule has 3 rings (SSSR count). The lowest BCUT2D eigenvalue weighted by Gasteiger charge is -2.13. The van der Waals surface area contributed by atoms with Gasteiger partial charge in [-0.3, -0.25) is 4.79 Å². The summed E-state index contributed by atoms with van der Waals surface area (Å²) in [6.07, 6.45) is 0. The van der Waals surface area contributed by atoms with E-state index in [0.717, 1.165) is 37.6 Å². The summed E-state index contributed by atoms with van der Waals surface area (Å²) in [7, 11) is 0. The van der Waals surface area contributed by atoms with Crippen molar-refractivity contribution >= 4 is 44.8 Å². The van der Waals surface area contributed by atoms with Crippen LogP contribution in [0.3, 0.4) is 0 Å². The number of hydrogen-bond donors (Lipinski definition) is 2. The minimum Gasteiger partial charge on any atom is -0.483 e. The van der Waals surface area contributed by atoms with Gasteiger partial charge in [0.1, 0.15) is 5.75 Å². The smallest absolute Gasteiger partial charge is 0.262 e. The molecule has 0 aliphatic heterocycles. The van der Waals surface area contributed by atoms with Crippen molar-refractivity contribution in [3.63, 3.8) is 0 Å². The molecule has 0 saturated carbocycles. The Bertz CT molecular complexity index is 1020. The fraction of sp³-hybridized carbons (Fsp3) is 0.174. The molecule has 0 heterocycles. The van der Waals surface area contributed by atoms with Crippen molar-refractivity contribution in [1.82, 2.24) is 0 Å². The summed E-state index contributed by atoms with van der Waals surface area (Å²) >= 11 is 9.69. The van der Waals surface area contributed by atoms with Crippen molar-refractivity contribution in [2.75, 3.05) is 17.2 Å². The van der Waals surface area contributed by atoms with E-state index in [4.69, 9.17) is 16.3 Å². The zero-order chi connectivity index (χ0) is 20.8. The maximum atomic E-state index is 12.2. The summed E-state index contributed by atoms with van der Waals surface area (Å²) in [5.74, 6) is 0.418. The average molecular weight is 474 g/mol. The van der Waals surface area contributed by atoms with Crippen LogP contribution in [0.5, 0.6) is 5.75 Å². The first-order valence-corrected chi connectivity index (χ1v) is 10.4. The number of nitrogens with one attached hydrogen (secondary N) is 2. The normalized spacial score (nSPS) is 10.5. The summed E-state index contributed by atoms with van der Waals surface area (Å²) in [4.78, 5) is 12.2. The van der Waals surface area contributed by atoms with Crippen LogP contribution >= 0.6 is 27.5 Å². The lowest BCUT2D eigenvalue weighted by atomic mass is 10.1. The van der Waals surface area contributed by atoms with Gasteiger partial charge in [0.15, 0.2) is 6.61 Å². The first kappa shape index (κ1) is 21.2. The zero-order valence-corrected chi connectivity index (χ0v) is 18.6. The highest BCUT2D eigenvalue weighted by atomic mass is 79.9. The highest BCUT2D eigenvalue weighted by molar-refractivity contribution is 9.10. The summed E-state index contributed by atoms with van der Waals surface area (Å²) in [5, 5.41) is 6.99. The van der Waals surface area contributed by atoms with E-state index < -0.39 is 0 Å². The first-order valence-electron chi connectivity index (χ1n) is 9.19. The van der Waals surface area contributed by atoms with Crippen LogP contribution in [0.15, 0.2) is 65.1 Å². The first-order chi connectivity index (χ1) is 13.9. The maximum Gasteiger partial charge on any atom is 0.262 e. The molecule has 6 heteroatoms. The molecule has 29 heavy (non-hydrogen) atoms. The van der Waals surface area contributed by atoms with Crippen molar-refractivity contribution in [3.8, 4) is 5.75 Å². The Labute approximate surface area is 184 Å². The number of rotatable bonds is 7. The van der Waals surface area contributed by atoms with Gasteiger partial charge in [-0.25, -0.2) is 0 Å². The quantitative estimate of drug-likeness (QED) is 0.420. The molecule has 4 nitrogen and oxygen atoms in total. The number of aryl methyl sites for hydroxylation is 1. The lowest BCUT2D eigenvalue weighted by Crippen LogP contribution is -2.20. The number of halogens is 2. The van der Waals surface area contributed by atoms with Gasteiger partial charge in [0.2, 0.25) is 0 Å². The Morgan fingerprint density at radius 2 is 1.79 bits per heavy atom. The van der Waals surface area contributed by atoms with Gasteiger partial charge in [-0.2, -0.15) is 0 Å². The van der Waals surface area contributed by atoms with Crippen LogP contribution in [-0.2, 0) is 11.3 Å². The number of anilines is 2. The van der Waals surface area contributed by atoms with Crippen LogP contribution in [-0.4, -0.2) is 12.5 Å². The Balaban J connectivity index is 1.56. The van der Waals surface area contributed by atoms with Gasteiger partial charge in [0.25, 0.3) is 5.91 Å². The highest BCUT2D eigenvalue weighted by Gasteiger charge is 2.09. The van der Waals surface area contributed by atoms with Crippen LogP contribution in [0.25, 0.3) is 0 Å². The van der Waals surface area contributed by atoms with Crippen molar-refractivity contribution in [2.45, 2.75) is 20.4 Å². The monoisotopic (exact) mass is 472 g/mol. The fourth-order valence-electron chi connectivity index (χ4n) is 2.81. The second-order valence-electron chi connectivity index (χ2n) is 6.68. The maximum absolute atomic E-state index is 12.2. The van der Waals surface area contributed by atoms with Gasteiger partial charge in [-0.1, -0.05) is 41.9 Å². The van der Waals surface area contributed by atoms with Gasteiger partial charge in [-0.15, -0.1) is 0 Å². The molecule has 0 fully saturated rings. The summed E-state index contributed by atoms with van der Waals surface area (Å²) in [5.41, 5.74) is 4.90. The molecule has 0 spiro atoms. The van der Waals surface area contributed by atoms with E-state index in [0.29, 0.717) is 12.3 Å². The Morgan fingerprint density at radius 1 is 1.03 bits per heavy atom. The van der Waals surface area contributed by atoms with Gasteiger partial charge in [-0.05, 0) is 76.8 Å². The second kappa shape index (κ2) is 9.81. The van der Waals surface area contributed by atoms with E-state index in [1.807, 2.05) is 74.5 Å². The fourth-order valence-corrected chi connectivity index (χ4v) is 3.53. The number of para-hydroxylation sites is 1. The molecule has 3 aromatic rings. The standard InChI is InChI=1S/C23H22BrClN2O2/c1-15-6-3-4-8-20(15)27-23(28)14-29-22-11-10-17(12-18(22)24)13-26-21-9-5-7-19(25)16(21)2/h3-12,26H,13-14H2,1-2H3,(H,27,28). The Kier molecular flexibility index (Phi) is 7.18. The van der Waals surface area contributed by atoms with Crippen molar-refractivity contribution in [1.29, 1.82) is 0 Å². The molecule has 0 bridgehead atoms. The Morgan fingerprint density at radius 3 is 2.55 bits per heavy atom. The molecule has 3 aromatic carbocycles. The SMILES string of the molecule is Cc1ccccc1NC(=O)COc1ccc(CNc2cccc(Cl)c2C)cc1Br. The van der Waals surface area contributed by atoms with E-state index in [1.165, 1.54) is 0 Å². The molecule has 2 N–H and O–H groups in total. The molecular weight excluding hydrogens is 452 g/mol. The number of amides is 1. The molecule has 0 unspecified atom stereocenters. The predicted octanol–water partition coefficient (Wildman–Crippen LogP) is 6.35. The van der Waals surface area contributed by atoms with Crippen molar-refractivity contribution < 1.29 is 9.53 Å². The van der Waals surface area contributed by atoms with Gasteiger partial charge in [0, 0.05) is 22.9 Å². The van der Waals surface area contributed by atoms with Crippen LogP contribution in [0.2, 0.25) is 5.02 Å². The molecule has 0 aromatic heterocycles. The van der Waals surface area contributed by atoms with Crippen LogP contribution in [0, 0.1) is 13.8 Å². The van der Waals surface area contributed by atoms with Gasteiger partial charge in [0.05, 0.1) is 4.47 Å². The third-order valence-electron chi connectivity index (χ3n) is 4.52. The van der Waals surface area contributed by atoms with Gasteiger partial charge < -0.3 is 15.4 Å².